The van der Waals surface area contributed by atoms with Crippen molar-refractivity contribution in [2.45, 2.75) is 28.8 Å². The van der Waals surface area contributed by atoms with Gasteiger partial charge in [0.15, 0.2) is 0 Å². The number of pyridine rings is 1. The molecule has 1 fully saturated rings. The molecule has 120 valence electrons. The van der Waals surface area contributed by atoms with Gasteiger partial charge in [0.1, 0.15) is 6.17 Å². The van der Waals surface area contributed by atoms with E-state index in [0.29, 0.717) is 32.0 Å². The maximum atomic E-state index is 12.0. The van der Waals surface area contributed by atoms with Crippen molar-refractivity contribution in [3.8, 4) is 0 Å². The van der Waals surface area contributed by atoms with Crippen LogP contribution in [0.4, 0.5) is 0 Å². The Morgan fingerprint density at radius 3 is 2.73 bits per heavy atom. The summed E-state index contributed by atoms with van der Waals surface area (Å²) in [5.74, 6) is 0.499. The Morgan fingerprint density at radius 1 is 1.27 bits per heavy atom. The van der Waals surface area contributed by atoms with Crippen molar-refractivity contribution in [1.29, 1.82) is 0 Å². The smallest absolute Gasteiger partial charge is 0.250 e. The molecule has 1 amide bonds. The fourth-order valence-corrected chi connectivity index (χ4v) is 4.22. The number of halogens is 3. The third kappa shape index (κ3) is 3.00. The molecule has 0 aromatic carbocycles. The van der Waals surface area contributed by atoms with Gasteiger partial charge in [0.2, 0.25) is 10.2 Å². The number of carbonyl (C=O) groups excluding carboxylic acids is 1. The summed E-state index contributed by atoms with van der Waals surface area (Å²) in [6, 6.07) is 5.34. The van der Waals surface area contributed by atoms with E-state index in [4.69, 9.17) is 34.8 Å². The minimum atomic E-state index is -1.61. The Bertz CT molecular complexity index is 628. The van der Waals surface area contributed by atoms with Crippen LogP contribution in [0.5, 0.6) is 0 Å². The highest BCUT2D eigenvalue weighted by atomic mass is 35.6. The number of nitrogens with zero attached hydrogens (tertiary/aromatic N) is 2. The van der Waals surface area contributed by atoms with Crippen LogP contribution >= 0.6 is 34.8 Å². The molecular formula is C14H16Cl3N3O2. The van der Waals surface area contributed by atoms with Crippen molar-refractivity contribution in [3.63, 3.8) is 0 Å². The van der Waals surface area contributed by atoms with Crippen molar-refractivity contribution < 1.29 is 4.79 Å². The average molecular weight is 365 g/mol. The molecule has 3 atom stereocenters. The quantitative estimate of drug-likeness (QED) is 0.656. The van der Waals surface area contributed by atoms with Gasteiger partial charge in [0.05, 0.1) is 0 Å². The van der Waals surface area contributed by atoms with E-state index in [0.717, 1.165) is 12.1 Å². The highest BCUT2D eigenvalue weighted by molar-refractivity contribution is 6.68. The van der Waals surface area contributed by atoms with Crippen LogP contribution in [0.15, 0.2) is 23.0 Å². The Hall–Kier alpha value is -0.750. The fourth-order valence-electron chi connectivity index (χ4n) is 3.62. The summed E-state index contributed by atoms with van der Waals surface area (Å²) in [5.41, 5.74) is 1.05. The lowest BCUT2D eigenvalue weighted by Gasteiger charge is -2.46. The van der Waals surface area contributed by atoms with Gasteiger partial charge in [-0.25, -0.2) is 0 Å². The standard InChI is InChI=1S/C14H16Cl3N3O2/c15-14(16,17)13(18-8-21)19-5-9-4-10(7-19)11-2-1-3-12(22)20(11)6-9/h1-3,8-10,13H,4-7H2,(H,18,21)/t9-,10-,13-/m0/s1. The Labute approximate surface area is 143 Å². The zero-order valence-corrected chi connectivity index (χ0v) is 14.0. The van der Waals surface area contributed by atoms with Crippen molar-refractivity contribution in [1.82, 2.24) is 14.8 Å². The number of rotatable bonds is 3. The molecule has 1 aromatic rings. The van der Waals surface area contributed by atoms with E-state index < -0.39 is 9.96 Å². The van der Waals surface area contributed by atoms with Crippen LogP contribution in [0.3, 0.4) is 0 Å². The number of carbonyl (C=O) groups is 1. The van der Waals surface area contributed by atoms with Gasteiger partial charge in [0, 0.05) is 37.3 Å². The number of hydrogen-bond donors (Lipinski definition) is 1. The van der Waals surface area contributed by atoms with E-state index >= 15 is 0 Å². The first kappa shape index (κ1) is 16.1. The molecule has 5 nitrogen and oxygen atoms in total. The highest BCUT2D eigenvalue weighted by Crippen LogP contribution is 2.39. The molecule has 0 spiro atoms. The van der Waals surface area contributed by atoms with Crippen LogP contribution in [0.1, 0.15) is 18.0 Å². The monoisotopic (exact) mass is 363 g/mol. The van der Waals surface area contributed by atoms with Gasteiger partial charge in [0.25, 0.3) is 5.56 Å². The van der Waals surface area contributed by atoms with Crippen LogP contribution in [0.2, 0.25) is 0 Å². The first-order chi connectivity index (χ1) is 10.4. The van der Waals surface area contributed by atoms with Crippen molar-refractivity contribution in [2.75, 3.05) is 13.1 Å². The maximum Gasteiger partial charge on any atom is 0.250 e. The summed E-state index contributed by atoms with van der Waals surface area (Å²) in [6.45, 7) is 1.98. The first-order valence-electron chi connectivity index (χ1n) is 7.10. The zero-order valence-electron chi connectivity index (χ0n) is 11.7. The third-order valence-electron chi connectivity index (χ3n) is 4.41. The van der Waals surface area contributed by atoms with E-state index in [1.807, 2.05) is 15.5 Å². The minimum Gasteiger partial charge on any atom is -0.339 e. The molecule has 8 heteroatoms. The summed E-state index contributed by atoms with van der Waals surface area (Å²) >= 11 is 18.0. The summed E-state index contributed by atoms with van der Waals surface area (Å²) < 4.78 is 0.233. The molecule has 2 aliphatic rings. The lowest BCUT2D eigenvalue weighted by molar-refractivity contribution is -0.111. The summed E-state index contributed by atoms with van der Waals surface area (Å²) in [5, 5.41) is 2.60. The van der Waals surface area contributed by atoms with Crippen LogP contribution in [0.25, 0.3) is 0 Å². The van der Waals surface area contributed by atoms with Crippen LogP contribution in [-0.4, -0.2) is 38.9 Å². The van der Waals surface area contributed by atoms with Gasteiger partial charge in [-0.2, -0.15) is 0 Å². The Kier molecular flexibility index (Phi) is 4.42. The summed E-state index contributed by atoms with van der Waals surface area (Å²) in [4.78, 5) is 24.8. The second-order valence-corrected chi connectivity index (χ2v) is 8.25. The molecule has 1 saturated heterocycles. The molecule has 22 heavy (non-hydrogen) atoms. The third-order valence-corrected chi connectivity index (χ3v) is 5.03. The lowest BCUT2D eigenvalue weighted by Crippen LogP contribution is -2.59. The van der Waals surface area contributed by atoms with E-state index in [1.54, 1.807) is 12.1 Å². The molecule has 0 radical (unpaired) electrons. The Balaban J connectivity index is 1.89. The van der Waals surface area contributed by atoms with Gasteiger partial charge in [-0.05, 0) is 18.4 Å². The molecular weight excluding hydrogens is 349 g/mol. The number of nitrogens with one attached hydrogen (secondary N) is 1. The molecule has 3 rings (SSSR count). The molecule has 0 saturated carbocycles. The summed E-state index contributed by atoms with van der Waals surface area (Å²) in [6.07, 6.45) is 0.880. The van der Waals surface area contributed by atoms with Crippen molar-refractivity contribution in [2.24, 2.45) is 5.92 Å². The fraction of sp³-hybridized carbons (Fsp3) is 0.571. The van der Waals surface area contributed by atoms with E-state index in [9.17, 15) is 9.59 Å². The topological polar surface area (TPSA) is 54.3 Å². The van der Waals surface area contributed by atoms with Crippen LogP contribution in [0, 0.1) is 5.92 Å². The van der Waals surface area contributed by atoms with Crippen molar-refractivity contribution in [3.05, 3.63) is 34.2 Å². The highest BCUT2D eigenvalue weighted by Gasteiger charge is 2.43. The number of aromatic nitrogens is 1. The molecule has 1 N–H and O–H groups in total. The maximum absolute atomic E-state index is 12.0. The molecule has 0 unspecified atom stereocenters. The zero-order chi connectivity index (χ0) is 15.9. The number of alkyl halides is 3. The molecule has 1 aromatic heterocycles. The second-order valence-electron chi connectivity index (χ2n) is 5.88. The van der Waals surface area contributed by atoms with Gasteiger partial charge in [-0.15, -0.1) is 0 Å². The predicted molar refractivity (Wildman–Crippen MR) is 86.4 cm³/mol. The minimum absolute atomic E-state index is 0.0320. The molecule has 3 heterocycles. The number of hydrogen-bond acceptors (Lipinski definition) is 3. The number of amides is 1. The van der Waals surface area contributed by atoms with Crippen LogP contribution < -0.4 is 10.9 Å². The number of likely N-dealkylation sites (tertiary alicyclic amines) is 1. The van der Waals surface area contributed by atoms with Gasteiger partial charge in [-0.1, -0.05) is 40.9 Å². The second kappa shape index (κ2) is 6.04. The molecule has 0 aliphatic carbocycles. The normalized spacial score (nSPS) is 26.1. The van der Waals surface area contributed by atoms with Gasteiger partial charge in [-0.3, -0.25) is 14.5 Å². The predicted octanol–water partition coefficient (Wildman–Crippen LogP) is 1.71. The van der Waals surface area contributed by atoms with E-state index in [-0.39, 0.29) is 11.5 Å². The number of piperidine rings is 1. The summed E-state index contributed by atoms with van der Waals surface area (Å²) in [7, 11) is 0. The SMILES string of the molecule is O=CN[C@@H](N1C[C@@H]2C[C@@H](C1)c1cccc(=O)n1C2)C(Cl)(Cl)Cl. The van der Waals surface area contributed by atoms with Crippen molar-refractivity contribution >= 4 is 41.2 Å². The molecule has 2 bridgehead atoms. The van der Waals surface area contributed by atoms with E-state index in [1.165, 1.54) is 0 Å². The van der Waals surface area contributed by atoms with Gasteiger partial charge < -0.3 is 9.88 Å². The van der Waals surface area contributed by atoms with Crippen LogP contribution in [-0.2, 0) is 11.3 Å². The molecule has 2 aliphatic heterocycles. The average Bonchev–Trinajstić information content (AvgIpc) is 2.44. The van der Waals surface area contributed by atoms with E-state index in [2.05, 4.69) is 5.32 Å². The largest absolute Gasteiger partial charge is 0.339 e. The Morgan fingerprint density at radius 2 is 2.05 bits per heavy atom. The number of fused-ring (bicyclic) bond motifs is 4. The first-order valence-corrected chi connectivity index (χ1v) is 8.23. The van der Waals surface area contributed by atoms with Gasteiger partial charge >= 0.3 is 0 Å². The lowest BCUT2D eigenvalue weighted by atomic mass is 9.83.